The summed E-state index contributed by atoms with van der Waals surface area (Å²) < 4.78 is 0. The third kappa shape index (κ3) is 2.45. The molecule has 1 atom stereocenters. The SMILES string of the molecule is Cc1sc(C(=O)N2CCCCC2CO)cc1N. The Morgan fingerprint density at radius 1 is 1.65 bits per heavy atom. The predicted molar refractivity (Wildman–Crippen MR) is 69.2 cm³/mol. The Bertz CT molecular complexity index is 397. The van der Waals surface area contributed by atoms with Gasteiger partial charge in [0.05, 0.1) is 17.5 Å². The molecule has 3 N–H and O–H groups in total. The van der Waals surface area contributed by atoms with Crippen molar-refractivity contribution in [2.45, 2.75) is 32.2 Å². The van der Waals surface area contributed by atoms with Gasteiger partial charge >= 0.3 is 0 Å². The lowest BCUT2D eigenvalue weighted by molar-refractivity contribution is 0.0508. The van der Waals surface area contributed by atoms with E-state index in [9.17, 15) is 9.90 Å². The zero-order valence-electron chi connectivity index (χ0n) is 9.98. The van der Waals surface area contributed by atoms with Gasteiger partial charge in [0.2, 0.25) is 0 Å². The molecule has 4 nitrogen and oxygen atoms in total. The number of hydrogen-bond acceptors (Lipinski definition) is 4. The number of carbonyl (C=O) groups is 1. The number of piperidine rings is 1. The van der Waals surface area contributed by atoms with Crippen LogP contribution in [0.1, 0.15) is 33.8 Å². The largest absolute Gasteiger partial charge is 0.398 e. The van der Waals surface area contributed by atoms with E-state index >= 15 is 0 Å². The maximum absolute atomic E-state index is 12.3. The fourth-order valence-corrected chi connectivity index (χ4v) is 3.10. The van der Waals surface area contributed by atoms with Gasteiger partial charge in [0.15, 0.2) is 0 Å². The summed E-state index contributed by atoms with van der Waals surface area (Å²) in [7, 11) is 0. The second kappa shape index (κ2) is 5.06. The van der Waals surface area contributed by atoms with E-state index in [4.69, 9.17) is 5.73 Å². The number of aliphatic hydroxyl groups is 1. The van der Waals surface area contributed by atoms with Gasteiger partial charge in [-0.1, -0.05) is 0 Å². The number of nitrogens with two attached hydrogens (primary N) is 1. The molecule has 5 heteroatoms. The average Bonchev–Trinajstić information content (AvgIpc) is 2.68. The van der Waals surface area contributed by atoms with Crippen molar-refractivity contribution in [3.63, 3.8) is 0 Å². The first-order valence-electron chi connectivity index (χ1n) is 5.91. The summed E-state index contributed by atoms with van der Waals surface area (Å²) in [6, 6.07) is 1.71. The fourth-order valence-electron chi connectivity index (χ4n) is 2.20. The summed E-state index contributed by atoms with van der Waals surface area (Å²) in [6.07, 6.45) is 2.99. The molecular weight excluding hydrogens is 236 g/mol. The summed E-state index contributed by atoms with van der Waals surface area (Å²) in [5.41, 5.74) is 6.44. The highest BCUT2D eigenvalue weighted by molar-refractivity contribution is 7.14. The van der Waals surface area contributed by atoms with E-state index in [-0.39, 0.29) is 18.6 Å². The van der Waals surface area contributed by atoms with E-state index in [1.807, 2.05) is 6.92 Å². The van der Waals surface area contributed by atoms with E-state index < -0.39 is 0 Å². The third-order valence-electron chi connectivity index (χ3n) is 3.27. The van der Waals surface area contributed by atoms with Gasteiger partial charge in [0.1, 0.15) is 0 Å². The first kappa shape index (κ1) is 12.4. The summed E-state index contributed by atoms with van der Waals surface area (Å²) in [5, 5.41) is 9.30. The minimum atomic E-state index is -0.0279. The van der Waals surface area contributed by atoms with Crippen molar-refractivity contribution in [2.75, 3.05) is 18.9 Å². The fraction of sp³-hybridized carbons (Fsp3) is 0.583. The maximum atomic E-state index is 12.3. The zero-order valence-corrected chi connectivity index (χ0v) is 10.8. The number of carbonyl (C=O) groups excluding carboxylic acids is 1. The summed E-state index contributed by atoms with van der Waals surface area (Å²) >= 11 is 1.43. The van der Waals surface area contributed by atoms with Gasteiger partial charge in [0.25, 0.3) is 5.91 Å². The highest BCUT2D eigenvalue weighted by Crippen LogP contribution is 2.27. The number of aryl methyl sites for hydroxylation is 1. The van der Waals surface area contributed by atoms with Crippen LogP contribution in [0.4, 0.5) is 5.69 Å². The molecule has 0 spiro atoms. The molecule has 0 saturated carbocycles. The topological polar surface area (TPSA) is 66.6 Å². The molecule has 1 aromatic rings. The Hall–Kier alpha value is -1.07. The van der Waals surface area contributed by atoms with Gasteiger partial charge in [-0.25, -0.2) is 0 Å². The zero-order chi connectivity index (χ0) is 12.4. The molecule has 1 aliphatic heterocycles. The van der Waals surface area contributed by atoms with Crippen LogP contribution in [0.25, 0.3) is 0 Å². The van der Waals surface area contributed by atoms with Crippen molar-refractivity contribution >= 4 is 22.9 Å². The monoisotopic (exact) mass is 254 g/mol. The molecule has 0 radical (unpaired) electrons. The number of amides is 1. The standard InChI is InChI=1S/C12H18N2O2S/c1-8-10(13)6-11(17-8)12(16)14-5-3-2-4-9(14)7-15/h6,9,15H,2-5,7,13H2,1H3. The number of aliphatic hydroxyl groups excluding tert-OH is 1. The highest BCUT2D eigenvalue weighted by Gasteiger charge is 2.27. The first-order valence-corrected chi connectivity index (χ1v) is 6.73. The molecule has 1 unspecified atom stereocenters. The van der Waals surface area contributed by atoms with Crippen molar-refractivity contribution in [2.24, 2.45) is 0 Å². The Morgan fingerprint density at radius 2 is 2.41 bits per heavy atom. The van der Waals surface area contributed by atoms with Gasteiger partial charge < -0.3 is 15.7 Å². The van der Waals surface area contributed by atoms with Crippen LogP contribution in [-0.4, -0.2) is 35.1 Å². The van der Waals surface area contributed by atoms with Crippen LogP contribution in [0.5, 0.6) is 0 Å². The Labute approximate surface area is 105 Å². The predicted octanol–water partition coefficient (Wildman–Crippen LogP) is 1.63. The van der Waals surface area contributed by atoms with Crippen LogP contribution in [0, 0.1) is 6.92 Å². The molecular formula is C12H18N2O2S. The number of nitrogens with zero attached hydrogens (tertiary/aromatic N) is 1. The van der Waals surface area contributed by atoms with E-state index in [0.29, 0.717) is 10.6 Å². The normalized spacial score (nSPS) is 20.6. The molecule has 1 saturated heterocycles. The Morgan fingerprint density at radius 3 is 3.00 bits per heavy atom. The molecule has 1 aromatic heterocycles. The third-order valence-corrected chi connectivity index (χ3v) is 4.32. The Balaban J connectivity index is 2.18. The quantitative estimate of drug-likeness (QED) is 0.843. The van der Waals surface area contributed by atoms with Crippen LogP contribution in [0.3, 0.4) is 0 Å². The molecule has 0 bridgehead atoms. The number of rotatable bonds is 2. The molecule has 94 valence electrons. The van der Waals surface area contributed by atoms with Gasteiger partial charge in [-0.15, -0.1) is 11.3 Å². The number of likely N-dealkylation sites (tertiary alicyclic amines) is 1. The summed E-state index contributed by atoms with van der Waals surface area (Å²) in [4.78, 5) is 15.7. The van der Waals surface area contributed by atoms with Crippen molar-refractivity contribution < 1.29 is 9.90 Å². The maximum Gasteiger partial charge on any atom is 0.264 e. The van der Waals surface area contributed by atoms with Crippen LogP contribution in [-0.2, 0) is 0 Å². The number of thiophene rings is 1. The molecule has 1 fully saturated rings. The second-order valence-corrected chi connectivity index (χ2v) is 5.71. The van der Waals surface area contributed by atoms with Crippen molar-refractivity contribution in [1.82, 2.24) is 4.90 Å². The van der Waals surface area contributed by atoms with Gasteiger partial charge in [-0.2, -0.15) is 0 Å². The lowest BCUT2D eigenvalue weighted by atomic mass is 10.0. The van der Waals surface area contributed by atoms with Crippen LogP contribution in [0.15, 0.2) is 6.07 Å². The minimum Gasteiger partial charge on any atom is -0.398 e. The van der Waals surface area contributed by atoms with Crippen molar-refractivity contribution in [3.05, 3.63) is 15.8 Å². The molecule has 2 rings (SSSR count). The summed E-state index contributed by atoms with van der Waals surface area (Å²) in [6.45, 7) is 2.70. The lowest BCUT2D eigenvalue weighted by Crippen LogP contribution is -2.45. The first-order chi connectivity index (χ1) is 8.13. The second-order valence-electron chi connectivity index (χ2n) is 4.45. The van der Waals surface area contributed by atoms with E-state index in [2.05, 4.69) is 0 Å². The van der Waals surface area contributed by atoms with Crippen molar-refractivity contribution in [3.8, 4) is 0 Å². The molecule has 17 heavy (non-hydrogen) atoms. The summed E-state index contributed by atoms with van der Waals surface area (Å²) in [5.74, 6) is 0.00792. The minimum absolute atomic E-state index is 0.00792. The van der Waals surface area contributed by atoms with Crippen LogP contribution in [0.2, 0.25) is 0 Å². The highest BCUT2D eigenvalue weighted by atomic mass is 32.1. The number of hydrogen-bond donors (Lipinski definition) is 2. The van der Waals surface area contributed by atoms with Crippen LogP contribution >= 0.6 is 11.3 Å². The Kier molecular flexibility index (Phi) is 3.69. The number of anilines is 1. The number of nitrogen functional groups attached to an aromatic ring is 1. The molecule has 2 heterocycles. The average molecular weight is 254 g/mol. The van der Waals surface area contributed by atoms with E-state index in [0.717, 1.165) is 30.7 Å². The molecule has 0 aliphatic carbocycles. The van der Waals surface area contributed by atoms with Crippen LogP contribution < -0.4 is 5.73 Å². The van der Waals surface area contributed by atoms with Gasteiger partial charge in [0, 0.05) is 17.1 Å². The van der Waals surface area contributed by atoms with Gasteiger partial charge in [-0.05, 0) is 32.3 Å². The lowest BCUT2D eigenvalue weighted by Gasteiger charge is -2.34. The van der Waals surface area contributed by atoms with E-state index in [1.54, 1.807) is 11.0 Å². The van der Waals surface area contributed by atoms with Crippen molar-refractivity contribution in [1.29, 1.82) is 0 Å². The van der Waals surface area contributed by atoms with E-state index in [1.165, 1.54) is 11.3 Å². The molecule has 0 aromatic carbocycles. The smallest absolute Gasteiger partial charge is 0.264 e. The molecule has 1 aliphatic rings. The molecule has 1 amide bonds. The van der Waals surface area contributed by atoms with Gasteiger partial charge in [-0.3, -0.25) is 4.79 Å².